The van der Waals surface area contributed by atoms with Crippen molar-refractivity contribution < 1.29 is 0 Å². The molecule has 0 saturated heterocycles. The van der Waals surface area contributed by atoms with Crippen LogP contribution in [0.5, 0.6) is 0 Å². The third kappa shape index (κ3) is 2.05. The van der Waals surface area contributed by atoms with Crippen molar-refractivity contribution in [3.8, 4) is 0 Å². The monoisotopic (exact) mass is 278 g/mol. The van der Waals surface area contributed by atoms with Crippen molar-refractivity contribution in [1.82, 2.24) is 20.2 Å². The van der Waals surface area contributed by atoms with Gasteiger partial charge in [-0.1, -0.05) is 41.9 Å². The van der Waals surface area contributed by atoms with E-state index in [2.05, 4.69) is 20.2 Å². The van der Waals surface area contributed by atoms with Gasteiger partial charge in [0.05, 0.1) is 11.1 Å². The zero-order valence-electron chi connectivity index (χ0n) is 9.19. The summed E-state index contributed by atoms with van der Waals surface area (Å²) >= 11 is 11.8. The molecule has 0 radical (unpaired) electrons. The summed E-state index contributed by atoms with van der Waals surface area (Å²) in [7, 11) is 0. The first kappa shape index (κ1) is 11.4. The van der Waals surface area contributed by atoms with Gasteiger partial charge in [0.2, 0.25) is 5.28 Å². The molecule has 1 aromatic carbocycles. The van der Waals surface area contributed by atoms with Crippen LogP contribution >= 0.6 is 23.2 Å². The number of rotatable bonds is 2. The lowest BCUT2D eigenvalue weighted by Gasteiger charge is -2.00. The number of hydrogen-bond donors (Lipinski definition) is 1. The number of H-pyrrole nitrogens is 1. The normalized spacial score (nSPS) is 11.0. The summed E-state index contributed by atoms with van der Waals surface area (Å²) in [5.41, 5.74) is 2.54. The maximum atomic E-state index is 6.08. The van der Waals surface area contributed by atoms with E-state index in [0.717, 1.165) is 16.6 Å². The fourth-order valence-corrected chi connectivity index (χ4v) is 2.33. The summed E-state index contributed by atoms with van der Waals surface area (Å²) in [5.74, 6) is 0. The molecular formula is C12H8Cl2N4. The van der Waals surface area contributed by atoms with Crippen molar-refractivity contribution in [3.63, 3.8) is 0 Å². The van der Waals surface area contributed by atoms with Crippen LogP contribution in [0.3, 0.4) is 0 Å². The van der Waals surface area contributed by atoms with Gasteiger partial charge < -0.3 is 0 Å². The molecule has 0 aliphatic rings. The van der Waals surface area contributed by atoms with Crippen molar-refractivity contribution in [2.45, 2.75) is 6.42 Å². The summed E-state index contributed by atoms with van der Waals surface area (Å²) in [4.78, 5) is 7.96. The third-order valence-electron chi connectivity index (χ3n) is 2.64. The van der Waals surface area contributed by atoms with E-state index in [0.29, 0.717) is 17.2 Å². The zero-order chi connectivity index (χ0) is 12.5. The molecule has 0 aliphatic carbocycles. The SMILES string of the molecule is Clc1nc(Cl)c2c(Cc3ccccc3)[nH]nc2n1. The molecule has 2 heterocycles. The second-order valence-corrected chi connectivity index (χ2v) is 4.54. The van der Waals surface area contributed by atoms with Gasteiger partial charge in [0.25, 0.3) is 0 Å². The second-order valence-electron chi connectivity index (χ2n) is 3.85. The molecular weight excluding hydrogens is 271 g/mol. The van der Waals surface area contributed by atoms with Gasteiger partial charge in [-0.25, -0.2) is 4.98 Å². The average Bonchev–Trinajstić information content (AvgIpc) is 2.73. The zero-order valence-corrected chi connectivity index (χ0v) is 10.7. The van der Waals surface area contributed by atoms with Gasteiger partial charge >= 0.3 is 0 Å². The molecule has 1 N–H and O–H groups in total. The fourth-order valence-electron chi connectivity index (χ4n) is 1.84. The number of nitrogens with one attached hydrogen (secondary N) is 1. The highest BCUT2D eigenvalue weighted by molar-refractivity contribution is 6.35. The van der Waals surface area contributed by atoms with Crippen molar-refractivity contribution in [2.75, 3.05) is 0 Å². The van der Waals surface area contributed by atoms with Gasteiger partial charge in [0.1, 0.15) is 5.15 Å². The van der Waals surface area contributed by atoms with E-state index < -0.39 is 0 Å². The van der Waals surface area contributed by atoms with Crippen molar-refractivity contribution >= 4 is 34.2 Å². The highest BCUT2D eigenvalue weighted by Gasteiger charge is 2.13. The number of fused-ring (bicyclic) bond motifs is 1. The molecule has 0 spiro atoms. The molecule has 0 aliphatic heterocycles. The highest BCUT2D eigenvalue weighted by Crippen LogP contribution is 2.25. The van der Waals surface area contributed by atoms with Crippen LogP contribution in [0, 0.1) is 0 Å². The molecule has 0 saturated carbocycles. The predicted octanol–water partition coefficient (Wildman–Crippen LogP) is 3.25. The lowest BCUT2D eigenvalue weighted by molar-refractivity contribution is 1.00. The van der Waals surface area contributed by atoms with Crippen LogP contribution in [0.25, 0.3) is 11.0 Å². The molecule has 0 unspecified atom stereocenters. The van der Waals surface area contributed by atoms with Crippen molar-refractivity contribution in [2.24, 2.45) is 0 Å². The lowest BCUT2D eigenvalue weighted by atomic mass is 10.1. The van der Waals surface area contributed by atoms with Gasteiger partial charge in [-0.2, -0.15) is 10.1 Å². The Labute approximate surface area is 113 Å². The first-order chi connectivity index (χ1) is 8.74. The number of aromatic amines is 1. The second kappa shape index (κ2) is 4.55. The molecule has 90 valence electrons. The van der Waals surface area contributed by atoms with Crippen LogP contribution in [-0.2, 0) is 6.42 Å². The van der Waals surface area contributed by atoms with E-state index in [1.165, 1.54) is 0 Å². The molecule has 0 amide bonds. The van der Waals surface area contributed by atoms with Gasteiger partial charge in [-0.15, -0.1) is 0 Å². The van der Waals surface area contributed by atoms with Crippen LogP contribution in [-0.4, -0.2) is 20.2 Å². The first-order valence-corrected chi connectivity index (χ1v) is 6.09. The molecule has 4 nitrogen and oxygen atoms in total. The predicted molar refractivity (Wildman–Crippen MR) is 71.0 cm³/mol. The van der Waals surface area contributed by atoms with Gasteiger partial charge in [-0.05, 0) is 17.2 Å². The number of nitrogens with zero attached hydrogens (tertiary/aromatic N) is 3. The minimum absolute atomic E-state index is 0.102. The number of halogens is 2. The minimum atomic E-state index is 0.102. The standard InChI is InChI=1S/C12H8Cl2N4/c13-10-9-8(6-7-4-2-1-3-5-7)17-18-11(9)16-12(14)15-10/h1-5H,6H2,(H,15,16,17,18). The van der Waals surface area contributed by atoms with Crippen LogP contribution in [0.2, 0.25) is 10.4 Å². The van der Waals surface area contributed by atoms with E-state index in [-0.39, 0.29) is 5.28 Å². The van der Waals surface area contributed by atoms with E-state index in [9.17, 15) is 0 Å². The van der Waals surface area contributed by atoms with E-state index >= 15 is 0 Å². The molecule has 18 heavy (non-hydrogen) atoms. The lowest BCUT2D eigenvalue weighted by Crippen LogP contribution is -1.90. The molecule has 3 rings (SSSR count). The first-order valence-electron chi connectivity index (χ1n) is 5.34. The Morgan fingerprint density at radius 1 is 1.06 bits per heavy atom. The molecule has 0 fully saturated rings. The number of benzene rings is 1. The fraction of sp³-hybridized carbons (Fsp3) is 0.0833. The molecule has 0 bridgehead atoms. The van der Waals surface area contributed by atoms with E-state index in [4.69, 9.17) is 23.2 Å². The van der Waals surface area contributed by atoms with E-state index in [1.807, 2.05) is 30.3 Å². The summed E-state index contributed by atoms with van der Waals surface area (Å²) in [5, 5.41) is 8.18. The largest absolute Gasteiger partial charge is 0.279 e. The molecule has 6 heteroatoms. The Hall–Kier alpha value is -1.65. The Balaban J connectivity index is 2.08. The van der Waals surface area contributed by atoms with Crippen molar-refractivity contribution in [1.29, 1.82) is 0 Å². The van der Waals surface area contributed by atoms with Gasteiger partial charge in [0, 0.05) is 6.42 Å². The van der Waals surface area contributed by atoms with Crippen LogP contribution in [0.15, 0.2) is 30.3 Å². The summed E-state index contributed by atoms with van der Waals surface area (Å²) in [6.45, 7) is 0. The Kier molecular flexibility index (Phi) is 2.89. The van der Waals surface area contributed by atoms with Crippen LogP contribution < -0.4 is 0 Å². The summed E-state index contributed by atoms with van der Waals surface area (Å²) in [6.07, 6.45) is 0.696. The Morgan fingerprint density at radius 2 is 1.83 bits per heavy atom. The van der Waals surface area contributed by atoms with E-state index in [1.54, 1.807) is 0 Å². The Bertz CT molecular complexity index is 694. The quantitative estimate of drug-likeness (QED) is 0.578. The Morgan fingerprint density at radius 3 is 2.61 bits per heavy atom. The summed E-state index contributed by atoms with van der Waals surface area (Å²) in [6, 6.07) is 10.0. The average molecular weight is 279 g/mol. The van der Waals surface area contributed by atoms with Crippen LogP contribution in [0.1, 0.15) is 11.3 Å². The smallest absolute Gasteiger partial charge is 0.225 e. The highest BCUT2D eigenvalue weighted by atomic mass is 35.5. The van der Waals surface area contributed by atoms with Crippen molar-refractivity contribution in [3.05, 3.63) is 52.0 Å². The molecule has 3 aromatic rings. The number of aromatic nitrogens is 4. The third-order valence-corrected chi connectivity index (χ3v) is 3.08. The minimum Gasteiger partial charge on any atom is -0.279 e. The maximum Gasteiger partial charge on any atom is 0.225 e. The number of hydrogen-bond acceptors (Lipinski definition) is 3. The topological polar surface area (TPSA) is 54.5 Å². The molecule has 2 aromatic heterocycles. The van der Waals surface area contributed by atoms with Crippen LogP contribution in [0.4, 0.5) is 0 Å². The molecule has 0 atom stereocenters. The van der Waals surface area contributed by atoms with Gasteiger partial charge in [0.15, 0.2) is 5.65 Å². The summed E-state index contributed by atoms with van der Waals surface area (Å²) < 4.78 is 0. The maximum absolute atomic E-state index is 6.08. The van der Waals surface area contributed by atoms with Gasteiger partial charge in [-0.3, -0.25) is 5.10 Å².